The molecular formula is C9H13NO4S. The molecule has 1 fully saturated rings. The third kappa shape index (κ3) is 3.90. The Morgan fingerprint density at radius 2 is 2.27 bits per heavy atom. The SMILES string of the molecule is C#CC1CC(=O)N(CCCS(=O)(=O)O)C1. The van der Waals surface area contributed by atoms with Gasteiger partial charge in [-0.3, -0.25) is 9.35 Å². The zero-order chi connectivity index (χ0) is 11.5. The number of carbonyl (C=O) groups is 1. The Balaban J connectivity index is 2.35. The molecule has 5 nitrogen and oxygen atoms in total. The lowest BCUT2D eigenvalue weighted by atomic mass is 10.1. The van der Waals surface area contributed by atoms with Crippen LogP contribution >= 0.6 is 0 Å². The van der Waals surface area contributed by atoms with Crippen molar-refractivity contribution in [3.63, 3.8) is 0 Å². The van der Waals surface area contributed by atoms with Crippen LogP contribution in [0.3, 0.4) is 0 Å². The fraction of sp³-hybridized carbons (Fsp3) is 0.667. The highest BCUT2D eigenvalue weighted by Gasteiger charge is 2.27. The van der Waals surface area contributed by atoms with Crippen LogP contribution in [-0.2, 0) is 14.9 Å². The summed E-state index contributed by atoms with van der Waals surface area (Å²) in [6.07, 6.45) is 5.77. The Kier molecular flexibility index (Phi) is 3.72. The normalized spacial score (nSPS) is 21.7. The van der Waals surface area contributed by atoms with Crippen LogP contribution in [0, 0.1) is 18.3 Å². The molecule has 15 heavy (non-hydrogen) atoms. The van der Waals surface area contributed by atoms with E-state index < -0.39 is 10.1 Å². The zero-order valence-corrected chi connectivity index (χ0v) is 9.03. The zero-order valence-electron chi connectivity index (χ0n) is 8.22. The van der Waals surface area contributed by atoms with E-state index in [-0.39, 0.29) is 24.0 Å². The number of hydrogen-bond acceptors (Lipinski definition) is 3. The van der Waals surface area contributed by atoms with Crippen LogP contribution in [0.5, 0.6) is 0 Å². The number of likely N-dealkylation sites (tertiary alicyclic amines) is 1. The summed E-state index contributed by atoms with van der Waals surface area (Å²) < 4.78 is 29.3. The van der Waals surface area contributed by atoms with Gasteiger partial charge >= 0.3 is 0 Å². The van der Waals surface area contributed by atoms with Crippen molar-refractivity contribution >= 4 is 16.0 Å². The predicted molar refractivity (Wildman–Crippen MR) is 54.6 cm³/mol. The van der Waals surface area contributed by atoms with E-state index in [2.05, 4.69) is 5.92 Å². The highest BCUT2D eigenvalue weighted by Crippen LogP contribution is 2.16. The minimum atomic E-state index is -3.93. The Morgan fingerprint density at radius 1 is 1.60 bits per heavy atom. The topological polar surface area (TPSA) is 74.7 Å². The summed E-state index contributed by atoms with van der Waals surface area (Å²) >= 11 is 0. The van der Waals surface area contributed by atoms with Crippen LogP contribution in [0.25, 0.3) is 0 Å². The first-order valence-corrected chi connectivity index (χ1v) is 6.22. The Morgan fingerprint density at radius 3 is 2.73 bits per heavy atom. The van der Waals surface area contributed by atoms with Gasteiger partial charge in [0.1, 0.15) is 0 Å². The van der Waals surface area contributed by atoms with Gasteiger partial charge in [-0.15, -0.1) is 12.3 Å². The third-order valence-electron chi connectivity index (χ3n) is 2.28. The highest BCUT2D eigenvalue weighted by atomic mass is 32.2. The van der Waals surface area contributed by atoms with Crippen molar-refractivity contribution in [2.75, 3.05) is 18.8 Å². The Hall–Kier alpha value is -1.06. The largest absolute Gasteiger partial charge is 0.341 e. The van der Waals surface area contributed by atoms with Crippen LogP contribution in [0.1, 0.15) is 12.8 Å². The van der Waals surface area contributed by atoms with Crippen molar-refractivity contribution in [3.8, 4) is 12.3 Å². The summed E-state index contributed by atoms with van der Waals surface area (Å²) in [5, 5.41) is 0. The molecule has 0 saturated carbocycles. The van der Waals surface area contributed by atoms with Crippen molar-refractivity contribution in [1.82, 2.24) is 4.90 Å². The minimum absolute atomic E-state index is 0.0479. The second kappa shape index (κ2) is 4.64. The molecule has 1 rings (SSSR count). The number of amides is 1. The van der Waals surface area contributed by atoms with Gasteiger partial charge in [-0.05, 0) is 6.42 Å². The number of terminal acetylenes is 1. The van der Waals surface area contributed by atoms with Gasteiger partial charge in [0.05, 0.1) is 5.75 Å². The fourth-order valence-electron chi connectivity index (χ4n) is 1.54. The molecule has 1 N–H and O–H groups in total. The first kappa shape index (κ1) is 12.0. The molecule has 0 spiro atoms. The monoisotopic (exact) mass is 231 g/mol. The van der Waals surface area contributed by atoms with E-state index in [4.69, 9.17) is 11.0 Å². The van der Waals surface area contributed by atoms with E-state index >= 15 is 0 Å². The van der Waals surface area contributed by atoms with Gasteiger partial charge in [0, 0.05) is 25.4 Å². The maximum absolute atomic E-state index is 11.3. The third-order valence-corrected chi connectivity index (χ3v) is 3.09. The first-order chi connectivity index (χ1) is 6.92. The molecule has 1 saturated heterocycles. The smallest absolute Gasteiger partial charge is 0.264 e. The van der Waals surface area contributed by atoms with Crippen LogP contribution in [0.4, 0.5) is 0 Å². The van der Waals surface area contributed by atoms with E-state index in [9.17, 15) is 13.2 Å². The van der Waals surface area contributed by atoms with Crippen molar-refractivity contribution < 1.29 is 17.8 Å². The molecule has 1 atom stereocenters. The molecular weight excluding hydrogens is 218 g/mol. The van der Waals surface area contributed by atoms with Gasteiger partial charge in [0.15, 0.2) is 0 Å². The molecule has 1 heterocycles. The molecule has 6 heteroatoms. The van der Waals surface area contributed by atoms with Gasteiger partial charge in [0.2, 0.25) is 5.91 Å². The first-order valence-electron chi connectivity index (χ1n) is 4.61. The molecule has 0 aromatic heterocycles. The van der Waals surface area contributed by atoms with E-state index in [0.29, 0.717) is 19.5 Å². The summed E-state index contributed by atoms with van der Waals surface area (Å²) in [5.74, 6) is 2.06. The average molecular weight is 231 g/mol. The van der Waals surface area contributed by atoms with Gasteiger partial charge in [-0.1, -0.05) is 0 Å². The number of hydrogen-bond donors (Lipinski definition) is 1. The highest BCUT2D eigenvalue weighted by molar-refractivity contribution is 7.85. The molecule has 0 radical (unpaired) electrons. The van der Waals surface area contributed by atoms with Gasteiger partial charge < -0.3 is 4.90 Å². The van der Waals surface area contributed by atoms with Gasteiger partial charge in [0.25, 0.3) is 10.1 Å². The molecule has 1 aliphatic heterocycles. The lowest BCUT2D eigenvalue weighted by Gasteiger charge is -2.14. The maximum atomic E-state index is 11.3. The standard InChI is InChI=1S/C9H13NO4S/c1-2-8-6-9(11)10(7-8)4-3-5-15(12,13)14/h1,8H,3-7H2,(H,12,13,14). The van der Waals surface area contributed by atoms with E-state index in [1.54, 1.807) is 0 Å². The Labute approximate surface area is 89.2 Å². The molecule has 84 valence electrons. The molecule has 0 aromatic rings. The molecule has 0 aromatic carbocycles. The molecule has 1 aliphatic rings. The molecule has 0 aliphatic carbocycles. The van der Waals surface area contributed by atoms with E-state index in [1.807, 2.05) is 0 Å². The second-order valence-corrected chi connectivity index (χ2v) is 5.12. The summed E-state index contributed by atoms with van der Waals surface area (Å²) in [6.45, 7) is 0.817. The van der Waals surface area contributed by atoms with E-state index in [0.717, 1.165) is 0 Å². The molecule has 1 unspecified atom stereocenters. The van der Waals surface area contributed by atoms with Crippen molar-refractivity contribution in [1.29, 1.82) is 0 Å². The molecule has 1 amide bonds. The quantitative estimate of drug-likeness (QED) is 0.534. The number of rotatable bonds is 4. The Bertz CT molecular complexity index is 381. The summed E-state index contributed by atoms with van der Waals surface area (Å²) in [7, 11) is -3.93. The van der Waals surface area contributed by atoms with Crippen LogP contribution in [0.2, 0.25) is 0 Å². The summed E-state index contributed by atoms with van der Waals surface area (Å²) in [4.78, 5) is 12.9. The fourth-order valence-corrected chi connectivity index (χ4v) is 2.03. The average Bonchev–Trinajstić information content (AvgIpc) is 2.45. The van der Waals surface area contributed by atoms with Gasteiger partial charge in [-0.25, -0.2) is 0 Å². The van der Waals surface area contributed by atoms with Crippen molar-refractivity contribution in [2.24, 2.45) is 5.92 Å². The van der Waals surface area contributed by atoms with Gasteiger partial charge in [-0.2, -0.15) is 8.42 Å². The van der Waals surface area contributed by atoms with E-state index in [1.165, 1.54) is 4.90 Å². The summed E-state index contributed by atoms with van der Waals surface area (Å²) in [5.41, 5.74) is 0. The minimum Gasteiger partial charge on any atom is -0.341 e. The predicted octanol–water partition coefficient (Wildman–Crippen LogP) is -0.254. The lowest BCUT2D eigenvalue weighted by molar-refractivity contribution is -0.127. The number of nitrogens with zero attached hydrogens (tertiary/aromatic N) is 1. The number of carbonyl (C=O) groups excluding carboxylic acids is 1. The second-order valence-electron chi connectivity index (χ2n) is 3.55. The maximum Gasteiger partial charge on any atom is 0.264 e. The van der Waals surface area contributed by atoms with Crippen LogP contribution in [0.15, 0.2) is 0 Å². The molecule has 0 bridgehead atoms. The van der Waals surface area contributed by atoms with Crippen molar-refractivity contribution in [2.45, 2.75) is 12.8 Å². The van der Waals surface area contributed by atoms with Crippen LogP contribution < -0.4 is 0 Å². The van der Waals surface area contributed by atoms with Crippen molar-refractivity contribution in [3.05, 3.63) is 0 Å². The van der Waals surface area contributed by atoms with Crippen LogP contribution in [-0.4, -0.2) is 42.6 Å². The summed E-state index contributed by atoms with van der Waals surface area (Å²) in [6, 6.07) is 0. The lowest BCUT2D eigenvalue weighted by Crippen LogP contribution is -2.27.